The fraction of sp³-hybridized carbons (Fsp3) is 0.462. The van der Waals surface area contributed by atoms with Gasteiger partial charge in [0.1, 0.15) is 5.76 Å². The number of oxazole rings is 1. The van der Waals surface area contributed by atoms with Crippen molar-refractivity contribution in [3.63, 3.8) is 0 Å². The van der Waals surface area contributed by atoms with Crippen molar-refractivity contribution >= 4 is 23.1 Å². The maximum absolute atomic E-state index is 5.52. The molecule has 0 fully saturated rings. The van der Waals surface area contributed by atoms with Crippen molar-refractivity contribution in [1.82, 2.24) is 10.3 Å². The SMILES string of the molecule is Cc1nc(SCCNC(C)c2cccs2)oc1C. The van der Waals surface area contributed by atoms with Crippen molar-refractivity contribution in [2.75, 3.05) is 12.3 Å². The van der Waals surface area contributed by atoms with Crippen LogP contribution in [-0.4, -0.2) is 17.3 Å². The van der Waals surface area contributed by atoms with Gasteiger partial charge in [-0.3, -0.25) is 0 Å². The minimum Gasteiger partial charge on any atom is -0.437 e. The van der Waals surface area contributed by atoms with Crippen molar-refractivity contribution in [1.29, 1.82) is 0 Å². The Balaban J connectivity index is 1.70. The third-order valence-electron chi connectivity index (χ3n) is 2.76. The van der Waals surface area contributed by atoms with Gasteiger partial charge < -0.3 is 9.73 Å². The van der Waals surface area contributed by atoms with E-state index in [0.29, 0.717) is 6.04 Å². The molecule has 0 aliphatic carbocycles. The van der Waals surface area contributed by atoms with E-state index < -0.39 is 0 Å². The molecule has 1 N–H and O–H groups in total. The van der Waals surface area contributed by atoms with Crippen molar-refractivity contribution < 1.29 is 4.42 Å². The molecule has 2 rings (SSSR count). The summed E-state index contributed by atoms with van der Waals surface area (Å²) in [5, 5.41) is 6.38. The van der Waals surface area contributed by atoms with Gasteiger partial charge in [0.2, 0.25) is 0 Å². The summed E-state index contributed by atoms with van der Waals surface area (Å²) in [7, 11) is 0. The Morgan fingerprint density at radius 1 is 1.50 bits per heavy atom. The van der Waals surface area contributed by atoms with Gasteiger partial charge in [0.25, 0.3) is 5.22 Å². The normalized spacial score (nSPS) is 12.8. The number of hydrogen-bond acceptors (Lipinski definition) is 5. The number of nitrogens with one attached hydrogen (secondary N) is 1. The third kappa shape index (κ3) is 3.60. The van der Waals surface area contributed by atoms with Crippen molar-refractivity contribution in [2.24, 2.45) is 0 Å². The van der Waals surface area contributed by atoms with E-state index in [2.05, 4.69) is 34.7 Å². The lowest BCUT2D eigenvalue weighted by Crippen LogP contribution is -2.20. The van der Waals surface area contributed by atoms with Gasteiger partial charge in [-0.05, 0) is 32.2 Å². The topological polar surface area (TPSA) is 38.1 Å². The molecule has 1 unspecified atom stereocenters. The second-order valence-electron chi connectivity index (χ2n) is 4.16. The molecular formula is C13H18N2OS2. The summed E-state index contributed by atoms with van der Waals surface area (Å²) in [5.74, 6) is 1.88. The monoisotopic (exact) mass is 282 g/mol. The Labute approximate surface area is 116 Å². The van der Waals surface area contributed by atoms with E-state index in [9.17, 15) is 0 Å². The number of aryl methyl sites for hydroxylation is 2. The highest BCUT2D eigenvalue weighted by atomic mass is 32.2. The number of aromatic nitrogens is 1. The molecule has 0 aliphatic heterocycles. The Morgan fingerprint density at radius 3 is 2.94 bits per heavy atom. The molecule has 2 aromatic heterocycles. The minimum atomic E-state index is 0.415. The van der Waals surface area contributed by atoms with E-state index in [1.807, 2.05) is 13.8 Å². The molecule has 0 saturated heterocycles. The van der Waals surface area contributed by atoms with Crippen LogP contribution in [0.25, 0.3) is 0 Å². The van der Waals surface area contributed by atoms with E-state index in [4.69, 9.17) is 4.42 Å². The number of rotatable bonds is 6. The van der Waals surface area contributed by atoms with Gasteiger partial charge in [0.05, 0.1) is 5.69 Å². The molecule has 2 heterocycles. The molecule has 0 saturated carbocycles. The van der Waals surface area contributed by atoms with Crippen LogP contribution in [0.5, 0.6) is 0 Å². The first-order valence-electron chi connectivity index (χ1n) is 6.00. The molecule has 98 valence electrons. The van der Waals surface area contributed by atoms with Crippen LogP contribution in [0.4, 0.5) is 0 Å². The molecule has 2 aromatic rings. The lowest BCUT2D eigenvalue weighted by Gasteiger charge is -2.10. The van der Waals surface area contributed by atoms with E-state index in [0.717, 1.165) is 29.0 Å². The van der Waals surface area contributed by atoms with Crippen LogP contribution in [-0.2, 0) is 0 Å². The number of thiophene rings is 1. The summed E-state index contributed by atoms with van der Waals surface area (Å²) in [4.78, 5) is 5.72. The first-order valence-corrected chi connectivity index (χ1v) is 7.87. The average molecular weight is 282 g/mol. The van der Waals surface area contributed by atoms with Crippen molar-refractivity contribution in [3.05, 3.63) is 33.8 Å². The Bertz CT molecular complexity index is 460. The molecule has 1 atom stereocenters. The maximum Gasteiger partial charge on any atom is 0.256 e. The second kappa shape index (κ2) is 6.41. The summed E-state index contributed by atoms with van der Waals surface area (Å²) < 4.78 is 5.52. The lowest BCUT2D eigenvalue weighted by molar-refractivity contribution is 0.431. The molecule has 0 spiro atoms. The smallest absolute Gasteiger partial charge is 0.256 e. The summed E-state index contributed by atoms with van der Waals surface area (Å²) in [5.41, 5.74) is 0.984. The molecule has 3 nitrogen and oxygen atoms in total. The van der Waals surface area contributed by atoms with Crippen LogP contribution in [0.15, 0.2) is 27.2 Å². The highest BCUT2D eigenvalue weighted by molar-refractivity contribution is 7.99. The third-order valence-corrected chi connectivity index (χ3v) is 4.64. The van der Waals surface area contributed by atoms with Gasteiger partial charge in [-0.25, -0.2) is 4.98 Å². The average Bonchev–Trinajstić information content (AvgIpc) is 2.96. The van der Waals surface area contributed by atoms with Crippen molar-refractivity contribution in [3.8, 4) is 0 Å². The van der Waals surface area contributed by atoms with Gasteiger partial charge in [0, 0.05) is 23.2 Å². The molecule has 0 aromatic carbocycles. The standard InChI is InChI=1S/C13H18N2OS2/c1-9-11(3)16-13(15-9)18-8-6-14-10(2)12-5-4-7-17-12/h4-5,7,10,14H,6,8H2,1-3H3. The molecule has 5 heteroatoms. The van der Waals surface area contributed by atoms with Gasteiger partial charge in [-0.1, -0.05) is 17.8 Å². The highest BCUT2D eigenvalue weighted by Gasteiger charge is 2.07. The fourth-order valence-electron chi connectivity index (χ4n) is 1.56. The van der Waals surface area contributed by atoms with Crippen LogP contribution >= 0.6 is 23.1 Å². The van der Waals surface area contributed by atoms with Crippen molar-refractivity contribution in [2.45, 2.75) is 32.0 Å². The van der Waals surface area contributed by atoms with E-state index in [-0.39, 0.29) is 0 Å². The van der Waals surface area contributed by atoms with Crippen LogP contribution in [0.2, 0.25) is 0 Å². The number of thioether (sulfide) groups is 1. The van der Waals surface area contributed by atoms with E-state index >= 15 is 0 Å². The predicted octanol–water partition coefficient (Wildman–Crippen LogP) is 3.80. The van der Waals surface area contributed by atoms with Crippen LogP contribution < -0.4 is 5.32 Å². The molecular weight excluding hydrogens is 264 g/mol. The predicted molar refractivity (Wildman–Crippen MR) is 77.4 cm³/mol. The van der Waals surface area contributed by atoms with E-state index in [1.165, 1.54) is 4.88 Å². The van der Waals surface area contributed by atoms with Crippen LogP contribution in [0, 0.1) is 13.8 Å². The van der Waals surface area contributed by atoms with Gasteiger partial charge in [0.15, 0.2) is 0 Å². The summed E-state index contributed by atoms with van der Waals surface area (Å²) >= 11 is 3.45. The summed E-state index contributed by atoms with van der Waals surface area (Å²) in [6.45, 7) is 7.06. The van der Waals surface area contributed by atoms with Gasteiger partial charge in [-0.15, -0.1) is 11.3 Å². The van der Waals surface area contributed by atoms with Crippen LogP contribution in [0.1, 0.15) is 29.3 Å². The zero-order valence-electron chi connectivity index (χ0n) is 10.9. The molecule has 0 bridgehead atoms. The van der Waals surface area contributed by atoms with Gasteiger partial charge >= 0.3 is 0 Å². The number of hydrogen-bond donors (Lipinski definition) is 1. The first-order chi connectivity index (χ1) is 8.66. The van der Waals surface area contributed by atoms with Gasteiger partial charge in [-0.2, -0.15) is 0 Å². The molecule has 0 radical (unpaired) electrons. The quantitative estimate of drug-likeness (QED) is 0.646. The minimum absolute atomic E-state index is 0.415. The largest absolute Gasteiger partial charge is 0.437 e. The summed E-state index contributed by atoms with van der Waals surface area (Å²) in [6, 6.07) is 4.67. The fourth-order valence-corrected chi connectivity index (χ4v) is 3.10. The molecule has 0 aliphatic rings. The van der Waals surface area contributed by atoms with E-state index in [1.54, 1.807) is 23.1 Å². The first kappa shape index (κ1) is 13.6. The zero-order chi connectivity index (χ0) is 13.0. The Kier molecular flexibility index (Phi) is 4.86. The second-order valence-corrected chi connectivity index (χ2v) is 6.19. The molecule has 0 amide bonds. The highest BCUT2D eigenvalue weighted by Crippen LogP contribution is 2.21. The number of nitrogens with zero attached hydrogens (tertiary/aromatic N) is 1. The maximum atomic E-state index is 5.52. The molecule has 18 heavy (non-hydrogen) atoms. The lowest BCUT2D eigenvalue weighted by atomic mass is 10.3. The Hall–Kier alpha value is -0.780. The van der Waals surface area contributed by atoms with Crippen LogP contribution in [0.3, 0.4) is 0 Å². The zero-order valence-corrected chi connectivity index (χ0v) is 12.5. The summed E-state index contributed by atoms with van der Waals surface area (Å²) in [6.07, 6.45) is 0. The Morgan fingerprint density at radius 2 is 2.33 bits per heavy atom.